The molecule has 31 heavy (non-hydrogen) atoms. The number of benzene rings is 2. The molecule has 8 heteroatoms. The SMILES string of the molecule is COc1ccc(Cc2c(C)cc(CO)cc2O[C@@H]2O[C@H]([C@H](C)O)[C@@H](O)[C@H](O)[C@H]2O)cc1. The predicted octanol–water partition coefficient (Wildman–Crippen LogP) is 0.654. The largest absolute Gasteiger partial charge is 0.497 e. The Balaban J connectivity index is 1.92. The third-order valence-electron chi connectivity index (χ3n) is 5.54. The molecule has 1 fully saturated rings. The van der Waals surface area contributed by atoms with Crippen LogP contribution < -0.4 is 9.47 Å². The monoisotopic (exact) mass is 434 g/mol. The van der Waals surface area contributed by atoms with Crippen molar-refractivity contribution in [1.82, 2.24) is 0 Å². The molecule has 0 unspecified atom stereocenters. The van der Waals surface area contributed by atoms with Crippen LogP contribution in [0.5, 0.6) is 11.5 Å². The van der Waals surface area contributed by atoms with Gasteiger partial charge in [-0.2, -0.15) is 0 Å². The van der Waals surface area contributed by atoms with E-state index in [1.807, 2.05) is 37.3 Å². The summed E-state index contributed by atoms with van der Waals surface area (Å²) in [4.78, 5) is 0. The lowest BCUT2D eigenvalue weighted by atomic mass is 9.95. The summed E-state index contributed by atoms with van der Waals surface area (Å²) in [7, 11) is 1.60. The molecule has 0 amide bonds. The van der Waals surface area contributed by atoms with E-state index in [0.29, 0.717) is 17.7 Å². The molecule has 2 aromatic rings. The Labute approximate surface area is 181 Å². The van der Waals surface area contributed by atoms with Crippen molar-refractivity contribution in [2.24, 2.45) is 0 Å². The molecule has 3 rings (SSSR count). The number of methoxy groups -OCH3 is 1. The van der Waals surface area contributed by atoms with Gasteiger partial charge in [-0.1, -0.05) is 18.2 Å². The van der Waals surface area contributed by atoms with Gasteiger partial charge in [-0.15, -0.1) is 0 Å². The number of ether oxygens (including phenoxy) is 3. The van der Waals surface area contributed by atoms with E-state index in [4.69, 9.17) is 14.2 Å². The van der Waals surface area contributed by atoms with Crippen molar-refractivity contribution in [3.8, 4) is 11.5 Å². The molecule has 1 heterocycles. The molecule has 0 saturated carbocycles. The Morgan fingerprint density at radius 3 is 2.26 bits per heavy atom. The van der Waals surface area contributed by atoms with Gasteiger partial charge in [0.15, 0.2) is 0 Å². The lowest BCUT2D eigenvalue weighted by molar-refractivity contribution is -0.286. The van der Waals surface area contributed by atoms with E-state index in [2.05, 4.69) is 0 Å². The van der Waals surface area contributed by atoms with E-state index >= 15 is 0 Å². The van der Waals surface area contributed by atoms with Crippen molar-refractivity contribution in [2.75, 3.05) is 7.11 Å². The maximum Gasteiger partial charge on any atom is 0.229 e. The number of aliphatic hydroxyl groups excluding tert-OH is 5. The summed E-state index contributed by atoms with van der Waals surface area (Å²) in [6.45, 7) is 3.10. The topological polar surface area (TPSA) is 129 Å². The predicted molar refractivity (Wildman–Crippen MR) is 112 cm³/mol. The molecule has 0 aliphatic carbocycles. The van der Waals surface area contributed by atoms with Crippen LogP contribution in [0.1, 0.15) is 29.2 Å². The lowest BCUT2D eigenvalue weighted by Gasteiger charge is -2.41. The fourth-order valence-electron chi connectivity index (χ4n) is 3.72. The zero-order valence-electron chi connectivity index (χ0n) is 17.8. The Morgan fingerprint density at radius 2 is 1.68 bits per heavy atom. The molecule has 5 N–H and O–H groups in total. The van der Waals surface area contributed by atoms with Gasteiger partial charge in [-0.25, -0.2) is 0 Å². The van der Waals surface area contributed by atoms with Crippen molar-refractivity contribution < 1.29 is 39.7 Å². The van der Waals surface area contributed by atoms with Crippen LogP contribution in [0, 0.1) is 6.92 Å². The lowest BCUT2D eigenvalue weighted by Crippen LogP contribution is -2.61. The summed E-state index contributed by atoms with van der Waals surface area (Å²) in [5, 5.41) is 50.2. The van der Waals surface area contributed by atoms with Crippen molar-refractivity contribution in [1.29, 1.82) is 0 Å². The molecule has 0 bridgehead atoms. The first-order valence-corrected chi connectivity index (χ1v) is 10.2. The van der Waals surface area contributed by atoms with Gasteiger partial charge in [0.25, 0.3) is 0 Å². The van der Waals surface area contributed by atoms with Gasteiger partial charge in [0, 0.05) is 12.0 Å². The van der Waals surface area contributed by atoms with Crippen LogP contribution in [0.2, 0.25) is 0 Å². The smallest absolute Gasteiger partial charge is 0.229 e. The fourth-order valence-corrected chi connectivity index (χ4v) is 3.72. The molecule has 0 radical (unpaired) electrons. The van der Waals surface area contributed by atoms with E-state index < -0.39 is 36.8 Å². The average Bonchev–Trinajstić information content (AvgIpc) is 2.76. The van der Waals surface area contributed by atoms with Gasteiger partial charge in [0.05, 0.1) is 19.8 Å². The van der Waals surface area contributed by atoms with E-state index in [9.17, 15) is 25.5 Å². The highest BCUT2D eigenvalue weighted by atomic mass is 16.7. The van der Waals surface area contributed by atoms with Crippen LogP contribution in [0.4, 0.5) is 0 Å². The molecule has 1 saturated heterocycles. The van der Waals surface area contributed by atoms with Gasteiger partial charge >= 0.3 is 0 Å². The van der Waals surface area contributed by atoms with Crippen LogP contribution in [-0.4, -0.2) is 69.5 Å². The van der Waals surface area contributed by atoms with Crippen molar-refractivity contribution in [3.05, 3.63) is 58.7 Å². The molecule has 0 aromatic heterocycles. The zero-order valence-corrected chi connectivity index (χ0v) is 17.8. The molecular weight excluding hydrogens is 404 g/mol. The molecule has 8 nitrogen and oxygen atoms in total. The maximum atomic E-state index is 10.4. The van der Waals surface area contributed by atoms with Gasteiger partial charge < -0.3 is 39.7 Å². The molecule has 170 valence electrons. The third kappa shape index (κ3) is 5.17. The van der Waals surface area contributed by atoms with Crippen LogP contribution in [0.15, 0.2) is 36.4 Å². The van der Waals surface area contributed by atoms with Crippen LogP contribution in [-0.2, 0) is 17.8 Å². The van der Waals surface area contributed by atoms with E-state index in [0.717, 1.165) is 22.4 Å². The van der Waals surface area contributed by atoms with Gasteiger partial charge in [-0.05, 0) is 48.7 Å². The van der Waals surface area contributed by atoms with Crippen molar-refractivity contribution >= 4 is 0 Å². The molecule has 6 atom stereocenters. The van der Waals surface area contributed by atoms with Crippen LogP contribution in [0.3, 0.4) is 0 Å². The summed E-state index contributed by atoms with van der Waals surface area (Å²) in [5.41, 5.74) is 3.29. The fraction of sp³-hybridized carbons (Fsp3) is 0.478. The normalized spacial score (nSPS) is 27.0. The van der Waals surface area contributed by atoms with E-state index in [1.165, 1.54) is 6.92 Å². The Bertz CT molecular complexity index is 867. The molecule has 2 aromatic carbocycles. The minimum atomic E-state index is -1.55. The highest BCUT2D eigenvalue weighted by molar-refractivity contribution is 5.46. The Hall–Kier alpha value is -2.20. The first-order valence-electron chi connectivity index (χ1n) is 10.2. The number of rotatable bonds is 7. The minimum absolute atomic E-state index is 0.203. The Kier molecular flexibility index (Phi) is 7.53. The Morgan fingerprint density at radius 1 is 1.00 bits per heavy atom. The molecule has 1 aliphatic heterocycles. The minimum Gasteiger partial charge on any atom is -0.497 e. The van der Waals surface area contributed by atoms with Gasteiger partial charge in [-0.3, -0.25) is 0 Å². The second kappa shape index (κ2) is 9.95. The first-order chi connectivity index (χ1) is 14.7. The zero-order chi connectivity index (χ0) is 22.7. The third-order valence-corrected chi connectivity index (χ3v) is 5.54. The average molecular weight is 434 g/mol. The van der Waals surface area contributed by atoms with E-state index in [1.54, 1.807) is 13.2 Å². The van der Waals surface area contributed by atoms with Crippen LogP contribution in [0.25, 0.3) is 0 Å². The summed E-state index contributed by atoms with van der Waals surface area (Å²) in [6, 6.07) is 11.1. The number of aryl methyl sites for hydroxylation is 1. The highest BCUT2D eigenvalue weighted by Crippen LogP contribution is 2.32. The maximum absolute atomic E-state index is 10.4. The summed E-state index contributed by atoms with van der Waals surface area (Å²) in [6.07, 6.45) is -7.57. The van der Waals surface area contributed by atoms with E-state index in [-0.39, 0.29) is 6.61 Å². The van der Waals surface area contributed by atoms with Gasteiger partial charge in [0.2, 0.25) is 6.29 Å². The number of hydrogen-bond acceptors (Lipinski definition) is 8. The first kappa shape index (κ1) is 23.5. The second-order valence-corrected chi connectivity index (χ2v) is 7.87. The summed E-state index contributed by atoms with van der Waals surface area (Å²) >= 11 is 0. The highest BCUT2D eigenvalue weighted by Gasteiger charge is 2.46. The molecule has 1 aliphatic rings. The summed E-state index contributed by atoms with van der Waals surface area (Å²) in [5.74, 6) is 1.11. The number of aliphatic hydroxyl groups is 5. The molecule has 0 spiro atoms. The second-order valence-electron chi connectivity index (χ2n) is 7.87. The quantitative estimate of drug-likeness (QED) is 0.430. The van der Waals surface area contributed by atoms with Crippen LogP contribution >= 0.6 is 0 Å². The standard InChI is InChI=1S/C23H30O8/c1-12-8-15(11-24)10-18(17(12)9-14-4-6-16(29-3)7-5-14)30-23-21(28)19(26)20(27)22(31-23)13(2)25/h4-8,10,13,19-28H,9,11H2,1-3H3/t13-,19-,20-,21+,22+,23+/m0/s1. The van der Waals surface area contributed by atoms with Gasteiger partial charge in [0.1, 0.15) is 35.9 Å². The van der Waals surface area contributed by atoms with Crippen molar-refractivity contribution in [2.45, 2.75) is 63.7 Å². The number of hydrogen-bond donors (Lipinski definition) is 5. The van der Waals surface area contributed by atoms with Crippen molar-refractivity contribution in [3.63, 3.8) is 0 Å². The molecular formula is C23H30O8. The summed E-state index contributed by atoms with van der Waals surface area (Å²) < 4.78 is 16.7.